The Balaban J connectivity index is 2.30. The first-order chi connectivity index (χ1) is 12.0. The topological polar surface area (TPSA) is 40.5 Å². The molecular formula is C23H24O2. The van der Waals surface area contributed by atoms with Gasteiger partial charge in [0, 0.05) is 5.41 Å². The van der Waals surface area contributed by atoms with Crippen molar-refractivity contribution in [1.29, 1.82) is 0 Å². The molecule has 2 heteroatoms. The van der Waals surface area contributed by atoms with Crippen molar-refractivity contribution in [2.75, 3.05) is 0 Å². The van der Waals surface area contributed by atoms with Crippen molar-refractivity contribution in [3.8, 4) is 11.5 Å². The number of aromatic hydroxyl groups is 2. The van der Waals surface area contributed by atoms with Crippen molar-refractivity contribution < 1.29 is 10.2 Å². The summed E-state index contributed by atoms with van der Waals surface area (Å²) in [6.07, 6.45) is 0.923. The second kappa shape index (κ2) is 7.02. The first kappa shape index (κ1) is 17.1. The van der Waals surface area contributed by atoms with Gasteiger partial charge in [-0.3, -0.25) is 0 Å². The maximum atomic E-state index is 9.75. The van der Waals surface area contributed by atoms with Crippen LogP contribution in [0.4, 0.5) is 0 Å². The summed E-state index contributed by atoms with van der Waals surface area (Å²) in [6, 6.07) is 25.4. The molecule has 3 aromatic carbocycles. The average Bonchev–Trinajstić information content (AvgIpc) is 2.62. The van der Waals surface area contributed by atoms with Crippen LogP contribution in [0.5, 0.6) is 11.5 Å². The minimum atomic E-state index is -0.336. The van der Waals surface area contributed by atoms with Crippen LogP contribution in [0, 0.1) is 5.92 Å². The van der Waals surface area contributed by atoms with Crippen molar-refractivity contribution >= 4 is 0 Å². The third-order valence-electron chi connectivity index (χ3n) is 4.70. The van der Waals surface area contributed by atoms with Crippen LogP contribution in [0.2, 0.25) is 0 Å². The number of phenols is 2. The van der Waals surface area contributed by atoms with Gasteiger partial charge in [0.05, 0.1) is 0 Å². The molecule has 0 radical (unpaired) electrons. The highest BCUT2D eigenvalue weighted by atomic mass is 16.3. The summed E-state index contributed by atoms with van der Waals surface area (Å²) >= 11 is 0. The summed E-state index contributed by atoms with van der Waals surface area (Å²) < 4.78 is 0. The second-order valence-corrected chi connectivity index (χ2v) is 6.96. The molecule has 0 aliphatic heterocycles. The van der Waals surface area contributed by atoms with E-state index in [-0.39, 0.29) is 16.9 Å². The lowest BCUT2D eigenvalue weighted by Crippen LogP contribution is -2.31. The van der Waals surface area contributed by atoms with Crippen LogP contribution < -0.4 is 0 Å². The van der Waals surface area contributed by atoms with Gasteiger partial charge >= 0.3 is 0 Å². The van der Waals surface area contributed by atoms with Crippen LogP contribution in [0.25, 0.3) is 0 Å². The molecule has 3 aromatic rings. The molecule has 0 saturated carbocycles. The van der Waals surface area contributed by atoms with E-state index in [0.717, 1.165) is 17.5 Å². The van der Waals surface area contributed by atoms with E-state index >= 15 is 0 Å². The fraction of sp³-hybridized carbons (Fsp3) is 0.217. The molecule has 0 aliphatic carbocycles. The van der Waals surface area contributed by atoms with Crippen LogP contribution >= 0.6 is 0 Å². The minimum absolute atomic E-state index is 0.265. The smallest absolute Gasteiger partial charge is 0.115 e. The van der Waals surface area contributed by atoms with Gasteiger partial charge in [0.15, 0.2) is 0 Å². The summed E-state index contributed by atoms with van der Waals surface area (Å²) in [5.41, 5.74) is 3.14. The highest BCUT2D eigenvalue weighted by Crippen LogP contribution is 2.44. The van der Waals surface area contributed by atoms with Gasteiger partial charge < -0.3 is 10.2 Å². The Morgan fingerprint density at radius 3 is 1.44 bits per heavy atom. The number of hydrogen-bond acceptors (Lipinski definition) is 2. The van der Waals surface area contributed by atoms with E-state index in [2.05, 4.69) is 38.1 Å². The van der Waals surface area contributed by atoms with E-state index in [9.17, 15) is 10.2 Å². The highest BCUT2D eigenvalue weighted by Gasteiger charge is 2.36. The summed E-state index contributed by atoms with van der Waals surface area (Å²) in [7, 11) is 0. The first-order valence-electron chi connectivity index (χ1n) is 8.67. The largest absolute Gasteiger partial charge is 0.508 e. The van der Waals surface area contributed by atoms with E-state index in [0.29, 0.717) is 5.92 Å². The lowest BCUT2D eigenvalue weighted by Gasteiger charge is -2.37. The van der Waals surface area contributed by atoms with Gasteiger partial charge in [0.25, 0.3) is 0 Å². The van der Waals surface area contributed by atoms with Crippen molar-refractivity contribution in [2.45, 2.75) is 25.7 Å². The first-order valence-corrected chi connectivity index (χ1v) is 8.67. The molecule has 0 unspecified atom stereocenters. The molecule has 0 spiro atoms. The molecule has 0 aromatic heterocycles. The molecule has 128 valence electrons. The Kier molecular flexibility index (Phi) is 4.80. The van der Waals surface area contributed by atoms with Gasteiger partial charge in [0.1, 0.15) is 11.5 Å². The van der Waals surface area contributed by atoms with Gasteiger partial charge in [-0.25, -0.2) is 0 Å². The number of phenolic OH excluding ortho intramolecular Hbond substituents is 2. The average molecular weight is 332 g/mol. The molecule has 0 fully saturated rings. The standard InChI is InChI=1S/C23H24O2/c1-17(2)16-23(18-6-4-3-5-7-18,19-8-12-21(24)13-9-19)20-10-14-22(25)15-11-20/h3-15,17,24-25H,16H2,1-2H3. The summed E-state index contributed by atoms with van der Waals surface area (Å²) in [5, 5.41) is 19.5. The van der Waals surface area contributed by atoms with Crippen molar-refractivity contribution in [3.05, 3.63) is 95.6 Å². The zero-order valence-corrected chi connectivity index (χ0v) is 14.7. The van der Waals surface area contributed by atoms with Gasteiger partial charge in [-0.2, -0.15) is 0 Å². The lowest BCUT2D eigenvalue weighted by atomic mass is 9.65. The maximum Gasteiger partial charge on any atom is 0.115 e. The third kappa shape index (κ3) is 3.39. The van der Waals surface area contributed by atoms with Crippen LogP contribution in [-0.2, 0) is 5.41 Å². The number of benzene rings is 3. The Labute approximate surface area is 149 Å². The Bertz CT molecular complexity index is 757. The zero-order valence-electron chi connectivity index (χ0n) is 14.7. The van der Waals surface area contributed by atoms with E-state index in [1.807, 2.05) is 30.3 Å². The van der Waals surface area contributed by atoms with Crippen molar-refractivity contribution in [3.63, 3.8) is 0 Å². The summed E-state index contributed by atoms with van der Waals surface area (Å²) in [6.45, 7) is 4.44. The van der Waals surface area contributed by atoms with E-state index in [1.165, 1.54) is 5.56 Å². The fourth-order valence-corrected chi connectivity index (χ4v) is 3.68. The monoisotopic (exact) mass is 332 g/mol. The lowest BCUT2D eigenvalue weighted by molar-refractivity contribution is 0.448. The predicted molar refractivity (Wildman–Crippen MR) is 102 cm³/mol. The van der Waals surface area contributed by atoms with Gasteiger partial charge in [-0.15, -0.1) is 0 Å². The van der Waals surface area contributed by atoms with Crippen LogP contribution in [0.3, 0.4) is 0 Å². The summed E-state index contributed by atoms with van der Waals surface area (Å²) in [5.74, 6) is 0.991. The number of hydrogen-bond donors (Lipinski definition) is 2. The molecule has 2 N–H and O–H groups in total. The third-order valence-corrected chi connectivity index (χ3v) is 4.70. The highest BCUT2D eigenvalue weighted by molar-refractivity contribution is 5.52. The van der Waals surface area contributed by atoms with E-state index in [4.69, 9.17) is 0 Å². The second-order valence-electron chi connectivity index (χ2n) is 6.96. The molecular weight excluding hydrogens is 308 g/mol. The van der Waals surface area contributed by atoms with Crippen molar-refractivity contribution in [1.82, 2.24) is 0 Å². The molecule has 0 heterocycles. The summed E-state index contributed by atoms with van der Waals surface area (Å²) in [4.78, 5) is 0. The quantitative estimate of drug-likeness (QED) is 0.608. The van der Waals surface area contributed by atoms with Crippen LogP contribution in [0.1, 0.15) is 37.0 Å². The Morgan fingerprint density at radius 1 is 0.640 bits per heavy atom. The van der Waals surface area contributed by atoms with Crippen LogP contribution in [-0.4, -0.2) is 10.2 Å². The van der Waals surface area contributed by atoms with Crippen LogP contribution in [0.15, 0.2) is 78.9 Å². The molecule has 0 atom stereocenters. The normalized spacial score (nSPS) is 11.6. The SMILES string of the molecule is CC(C)CC(c1ccccc1)(c1ccc(O)cc1)c1ccc(O)cc1. The minimum Gasteiger partial charge on any atom is -0.508 e. The fourth-order valence-electron chi connectivity index (χ4n) is 3.68. The Morgan fingerprint density at radius 2 is 1.04 bits per heavy atom. The van der Waals surface area contributed by atoms with E-state index in [1.54, 1.807) is 24.3 Å². The molecule has 0 aliphatic rings. The molecule has 0 amide bonds. The van der Waals surface area contributed by atoms with E-state index < -0.39 is 0 Å². The van der Waals surface area contributed by atoms with Gasteiger partial charge in [-0.05, 0) is 53.3 Å². The molecule has 0 bridgehead atoms. The zero-order chi connectivity index (χ0) is 17.9. The number of rotatable bonds is 5. The molecule has 0 saturated heterocycles. The molecule has 2 nitrogen and oxygen atoms in total. The molecule has 25 heavy (non-hydrogen) atoms. The van der Waals surface area contributed by atoms with Crippen molar-refractivity contribution in [2.24, 2.45) is 5.92 Å². The molecule has 3 rings (SSSR count). The van der Waals surface area contributed by atoms with Gasteiger partial charge in [-0.1, -0.05) is 68.4 Å². The van der Waals surface area contributed by atoms with Gasteiger partial charge in [0.2, 0.25) is 0 Å². The Hall–Kier alpha value is -2.74. The predicted octanol–water partition coefficient (Wildman–Crippen LogP) is 5.48. The maximum absolute atomic E-state index is 9.75.